The number of rotatable bonds is 8. The summed E-state index contributed by atoms with van der Waals surface area (Å²) in [4.78, 5) is 17.1. The molecule has 0 fully saturated rings. The van der Waals surface area contributed by atoms with Gasteiger partial charge in [0.05, 0.1) is 12.8 Å². The first-order valence-corrected chi connectivity index (χ1v) is 8.90. The molecule has 2 aromatic heterocycles. The lowest BCUT2D eigenvalue weighted by Gasteiger charge is -2.16. The topological polar surface area (TPSA) is 84.9 Å². The Morgan fingerprint density at radius 2 is 1.85 bits per heavy atom. The normalized spacial score (nSPS) is 11.7. The summed E-state index contributed by atoms with van der Waals surface area (Å²) in [7, 11) is 3.49. The first-order chi connectivity index (χ1) is 13.2. The molecule has 0 aliphatic rings. The lowest BCUT2D eigenvalue weighted by molar-refractivity contribution is 0.405. The van der Waals surface area contributed by atoms with Crippen molar-refractivity contribution < 1.29 is 4.74 Å². The second-order valence-electron chi connectivity index (χ2n) is 6.19. The van der Waals surface area contributed by atoms with Crippen LogP contribution in [-0.4, -0.2) is 40.6 Å². The number of hydrogen-bond donors (Lipinski definition) is 2. The van der Waals surface area contributed by atoms with Crippen LogP contribution in [-0.2, 0) is 0 Å². The Hall–Kier alpha value is -3.22. The molecule has 3 rings (SSSR count). The minimum absolute atomic E-state index is 0.373. The van der Waals surface area contributed by atoms with Gasteiger partial charge in [0, 0.05) is 37.6 Å². The number of anilines is 2. The number of methoxy groups -OCH3 is 1. The van der Waals surface area contributed by atoms with Crippen LogP contribution >= 0.6 is 0 Å². The van der Waals surface area contributed by atoms with E-state index in [9.17, 15) is 0 Å². The van der Waals surface area contributed by atoms with E-state index in [-0.39, 0.29) is 0 Å². The van der Waals surface area contributed by atoms with Gasteiger partial charge in [0.1, 0.15) is 17.9 Å². The fraction of sp³-hybridized carbons (Fsp3) is 0.300. The molecule has 0 aliphatic heterocycles. The Morgan fingerprint density at radius 1 is 1.07 bits per heavy atom. The molecule has 0 spiro atoms. The molecule has 0 amide bonds. The van der Waals surface area contributed by atoms with Crippen molar-refractivity contribution in [1.29, 1.82) is 0 Å². The molecule has 2 heterocycles. The van der Waals surface area contributed by atoms with Crippen LogP contribution in [0.15, 0.2) is 49.1 Å². The molecular formula is C20H24N6O. The summed E-state index contributed by atoms with van der Waals surface area (Å²) in [5.41, 5.74) is 2.85. The lowest BCUT2D eigenvalue weighted by atomic mass is 9.97. The molecule has 3 aromatic rings. The van der Waals surface area contributed by atoms with Crippen LogP contribution < -0.4 is 15.4 Å². The van der Waals surface area contributed by atoms with Crippen molar-refractivity contribution in [1.82, 2.24) is 19.9 Å². The van der Waals surface area contributed by atoms with E-state index < -0.39 is 0 Å². The van der Waals surface area contributed by atoms with E-state index in [0.29, 0.717) is 11.9 Å². The molecule has 2 N–H and O–H groups in total. The van der Waals surface area contributed by atoms with Crippen molar-refractivity contribution >= 4 is 11.8 Å². The van der Waals surface area contributed by atoms with E-state index in [1.54, 1.807) is 32.9 Å². The monoisotopic (exact) mass is 364 g/mol. The van der Waals surface area contributed by atoms with E-state index in [4.69, 9.17) is 4.74 Å². The number of ether oxygens (including phenoxy) is 1. The predicted octanol–water partition coefficient (Wildman–Crippen LogP) is 3.59. The highest BCUT2D eigenvalue weighted by molar-refractivity contribution is 5.60. The zero-order valence-corrected chi connectivity index (χ0v) is 15.8. The van der Waals surface area contributed by atoms with E-state index >= 15 is 0 Å². The molecule has 7 heteroatoms. The molecule has 1 atom stereocenters. The number of benzene rings is 1. The van der Waals surface area contributed by atoms with Crippen molar-refractivity contribution in [2.45, 2.75) is 19.3 Å². The summed E-state index contributed by atoms with van der Waals surface area (Å²) in [5.74, 6) is 2.66. The van der Waals surface area contributed by atoms with Gasteiger partial charge in [-0.1, -0.05) is 25.1 Å². The summed E-state index contributed by atoms with van der Waals surface area (Å²) >= 11 is 0. The molecule has 7 nitrogen and oxygen atoms in total. The van der Waals surface area contributed by atoms with Gasteiger partial charge < -0.3 is 15.4 Å². The van der Waals surface area contributed by atoms with E-state index in [0.717, 1.165) is 35.8 Å². The Morgan fingerprint density at radius 3 is 2.59 bits per heavy atom. The number of hydrogen-bond acceptors (Lipinski definition) is 7. The van der Waals surface area contributed by atoms with Gasteiger partial charge in [-0.3, -0.25) is 0 Å². The van der Waals surface area contributed by atoms with Crippen molar-refractivity contribution in [2.24, 2.45) is 0 Å². The van der Waals surface area contributed by atoms with E-state index in [1.165, 1.54) is 5.56 Å². The molecule has 27 heavy (non-hydrogen) atoms. The molecular weight excluding hydrogens is 340 g/mol. The molecule has 0 radical (unpaired) electrons. The molecule has 1 unspecified atom stereocenters. The van der Waals surface area contributed by atoms with Crippen molar-refractivity contribution in [3.05, 3.63) is 54.6 Å². The van der Waals surface area contributed by atoms with Crippen molar-refractivity contribution in [3.8, 4) is 17.0 Å². The molecule has 1 aromatic carbocycles. The molecule has 0 saturated carbocycles. The van der Waals surface area contributed by atoms with Crippen LogP contribution in [0, 0.1) is 0 Å². The summed E-state index contributed by atoms with van der Waals surface area (Å²) < 4.78 is 5.45. The van der Waals surface area contributed by atoms with Gasteiger partial charge in [0.15, 0.2) is 0 Å². The van der Waals surface area contributed by atoms with Crippen LogP contribution in [0.4, 0.5) is 11.8 Å². The lowest BCUT2D eigenvalue weighted by Crippen LogP contribution is -2.08. The third-order valence-electron chi connectivity index (χ3n) is 4.39. The third-order valence-corrected chi connectivity index (χ3v) is 4.39. The fourth-order valence-electron chi connectivity index (χ4n) is 2.85. The van der Waals surface area contributed by atoms with Crippen molar-refractivity contribution in [2.75, 3.05) is 31.3 Å². The van der Waals surface area contributed by atoms with Crippen LogP contribution in [0.25, 0.3) is 11.3 Å². The Kier molecular flexibility index (Phi) is 6.14. The summed E-state index contributed by atoms with van der Waals surface area (Å²) in [5, 5.41) is 6.27. The maximum absolute atomic E-state index is 5.45. The molecule has 140 valence electrons. The van der Waals surface area contributed by atoms with Crippen LogP contribution in [0.1, 0.15) is 24.8 Å². The minimum atomic E-state index is 0.373. The first kappa shape index (κ1) is 18.6. The third kappa shape index (κ3) is 4.69. The predicted molar refractivity (Wildman–Crippen MR) is 107 cm³/mol. The second kappa shape index (κ2) is 8.93. The number of aromatic nitrogens is 4. The van der Waals surface area contributed by atoms with Gasteiger partial charge in [0.25, 0.3) is 0 Å². The highest BCUT2D eigenvalue weighted by Gasteiger charge is 2.11. The van der Waals surface area contributed by atoms with Gasteiger partial charge in [0.2, 0.25) is 5.95 Å². The zero-order chi connectivity index (χ0) is 19.1. The summed E-state index contributed by atoms with van der Waals surface area (Å²) in [6.45, 7) is 3.00. The van der Waals surface area contributed by atoms with Crippen LogP contribution in [0.3, 0.4) is 0 Å². The molecule has 0 saturated heterocycles. The van der Waals surface area contributed by atoms with Gasteiger partial charge in [-0.2, -0.15) is 0 Å². The highest BCUT2D eigenvalue weighted by Crippen LogP contribution is 2.28. The fourth-order valence-corrected chi connectivity index (χ4v) is 2.85. The average Bonchev–Trinajstić information content (AvgIpc) is 2.74. The summed E-state index contributed by atoms with van der Waals surface area (Å²) in [6.07, 6.45) is 6.00. The maximum atomic E-state index is 5.45. The first-order valence-electron chi connectivity index (χ1n) is 8.90. The Bertz CT molecular complexity index is 868. The number of nitrogens with zero attached hydrogens (tertiary/aromatic N) is 4. The SMILES string of the molecule is CNc1ncc(-c2cc(NCCC(C)c3ccccc3OC)ncn2)cn1. The van der Waals surface area contributed by atoms with Gasteiger partial charge in [-0.05, 0) is 24.0 Å². The largest absolute Gasteiger partial charge is 0.496 e. The van der Waals surface area contributed by atoms with Crippen LogP contribution in [0.2, 0.25) is 0 Å². The number of para-hydroxylation sites is 1. The van der Waals surface area contributed by atoms with Gasteiger partial charge >= 0.3 is 0 Å². The standard InChI is InChI=1S/C20H24N6O/c1-14(16-6-4-5-7-18(16)27-3)8-9-22-19-10-17(25-13-26-19)15-11-23-20(21-2)24-12-15/h4-7,10-14H,8-9H2,1-3H3,(H,21,23,24)(H,22,25,26). The van der Waals surface area contributed by atoms with E-state index in [1.807, 2.05) is 24.3 Å². The molecule has 0 aliphatic carbocycles. The minimum Gasteiger partial charge on any atom is -0.496 e. The Balaban J connectivity index is 1.61. The maximum Gasteiger partial charge on any atom is 0.222 e. The van der Waals surface area contributed by atoms with Crippen LogP contribution in [0.5, 0.6) is 5.75 Å². The number of nitrogens with one attached hydrogen (secondary N) is 2. The van der Waals surface area contributed by atoms with Crippen molar-refractivity contribution in [3.63, 3.8) is 0 Å². The van der Waals surface area contributed by atoms with E-state index in [2.05, 4.69) is 43.6 Å². The zero-order valence-electron chi connectivity index (χ0n) is 15.8. The molecule has 0 bridgehead atoms. The van der Waals surface area contributed by atoms with Gasteiger partial charge in [-0.15, -0.1) is 0 Å². The van der Waals surface area contributed by atoms with Gasteiger partial charge in [-0.25, -0.2) is 19.9 Å². The average molecular weight is 364 g/mol. The second-order valence-corrected chi connectivity index (χ2v) is 6.19. The summed E-state index contributed by atoms with van der Waals surface area (Å²) in [6, 6.07) is 10.0. The quantitative estimate of drug-likeness (QED) is 0.632. The smallest absolute Gasteiger partial charge is 0.222 e. The highest BCUT2D eigenvalue weighted by atomic mass is 16.5. The Labute approximate surface area is 159 Å².